The van der Waals surface area contributed by atoms with Crippen LogP contribution in [0.25, 0.3) is 23.0 Å². The summed E-state index contributed by atoms with van der Waals surface area (Å²) in [5, 5.41) is 16.2. The molecule has 0 saturated carbocycles. The molecule has 1 amide bonds. The molecule has 0 bridgehead atoms. The number of carbonyl (C=O) groups excluding carboxylic acids is 2. The second-order valence-corrected chi connectivity index (χ2v) is 6.32. The van der Waals surface area contributed by atoms with Gasteiger partial charge in [0.2, 0.25) is 5.91 Å². The molecule has 0 aliphatic heterocycles. The maximum Gasteiger partial charge on any atom is 0.330 e. The first-order valence-electron chi connectivity index (χ1n) is 9.10. The summed E-state index contributed by atoms with van der Waals surface area (Å²) in [6.07, 6.45) is 4.50. The van der Waals surface area contributed by atoms with Crippen LogP contribution in [0.5, 0.6) is 0 Å². The number of esters is 1. The average Bonchev–Trinajstić information content (AvgIpc) is 3.21. The second kappa shape index (κ2) is 9.62. The van der Waals surface area contributed by atoms with Crippen LogP contribution < -0.4 is 5.32 Å². The first-order valence-corrected chi connectivity index (χ1v) is 9.10. The van der Waals surface area contributed by atoms with Crippen LogP contribution in [0.3, 0.4) is 0 Å². The molecule has 154 valence electrons. The van der Waals surface area contributed by atoms with E-state index >= 15 is 0 Å². The lowest BCUT2D eigenvalue weighted by molar-refractivity contribution is -0.145. The third-order valence-corrected chi connectivity index (χ3v) is 4.28. The zero-order chi connectivity index (χ0) is 21.5. The fraction of sp³-hybridized carbons (Fsp3) is 0.136. The highest BCUT2D eigenvalue weighted by molar-refractivity contribution is 5.95. The molecule has 1 heterocycles. The van der Waals surface area contributed by atoms with Crippen LogP contribution in [-0.2, 0) is 14.3 Å². The van der Waals surface area contributed by atoms with E-state index < -0.39 is 24.5 Å². The van der Waals surface area contributed by atoms with Gasteiger partial charge in [0, 0.05) is 23.4 Å². The van der Waals surface area contributed by atoms with Crippen LogP contribution in [0, 0.1) is 5.82 Å². The summed E-state index contributed by atoms with van der Waals surface area (Å²) in [5.74, 6) is -1.70. The van der Waals surface area contributed by atoms with Crippen molar-refractivity contribution in [2.75, 3.05) is 13.7 Å². The summed E-state index contributed by atoms with van der Waals surface area (Å²) in [4.78, 5) is 23.7. The number of methoxy groups -OCH3 is 1. The van der Waals surface area contributed by atoms with E-state index in [0.717, 1.165) is 5.69 Å². The summed E-state index contributed by atoms with van der Waals surface area (Å²) in [7, 11) is 1.17. The molecule has 0 aliphatic carbocycles. The molecule has 2 N–H and O–H groups in total. The molecule has 3 aromatic rings. The van der Waals surface area contributed by atoms with Crippen LogP contribution in [0.2, 0.25) is 0 Å². The molecule has 0 unspecified atom stereocenters. The monoisotopic (exact) mass is 409 g/mol. The lowest BCUT2D eigenvalue weighted by Gasteiger charge is -2.11. The summed E-state index contributed by atoms with van der Waals surface area (Å²) in [6, 6.07) is 14.1. The Hall–Kier alpha value is -3.78. The highest BCUT2D eigenvalue weighted by atomic mass is 19.1. The topological polar surface area (TPSA) is 93.5 Å². The van der Waals surface area contributed by atoms with Gasteiger partial charge in [0.15, 0.2) is 6.04 Å². The highest BCUT2D eigenvalue weighted by Gasteiger charge is 2.19. The Morgan fingerprint density at radius 1 is 1.20 bits per heavy atom. The van der Waals surface area contributed by atoms with Crippen molar-refractivity contribution in [2.24, 2.45) is 0 Å². The Kier molecular flexibility index (Phi) is 6.71. The third-order valence-electron chi connectivity index (χ3n) is 4.28. The number of aliphatic hydroxyl groups excluding tert-OH is 1. The number of benzene rings is 2. The van der Waals surface area contributed by atoms with Crippen molar-refractivity contribution >= 4 is 18.0 Å². The predicted molar refractivity (Wildman–Crippen MR) is 109 cm³/mol. The largest absolute Gasteiger partial charge is 0.467 e. The molecule has 0 fully saturated rings. The van der Waals surface area contributed by atoms with Crippen LogP contribution in [0.1, 0.15) is 5.56 Å². The first-order chi connectivity index (χ1) is 14.5. The number of nitrogens with zero attached hydrogens (tertiary/aromatic N) is 2. The van der Waals surface area contributed by atoms with Gasteiger partial charge in [-0.25, -0.2) is 13.9 Å². The number of hydrogen-bond acceptors (Lipinski definition) is 5. The van der Waals surface area contributed by atoms with Crippen molar-refractivity contribution in [3.05, 3.63) is 78.3 Å². The zero-order valence-electron chi connectivity index (χ0n) is 16.2. The summed E-state index contributed by atoms with van der Waals surface area (Å²) >= 11 is 0. The molecule has 0 aliphatic rings. The number of aliphatic hydroxyl groups is 1. The van der Waals surface area contributed by atoms with E-state index in [9.17, 15) is 19.1 Å². The molecule has 1 aromatic heterocycles. The second-order valence-electron chi connectivity index (χ2n) is 6.32. The number of rotatable bonds is 7. The van der Waals surface area contributed by atoms with E-state index in [1.807, 2.05) is 30.3 Å². The number of halogens is 1. The van der Waals surface area contributed by atoms with E-state index in [0.29, 0.717) is 16.8 Å². The van der Waals surface area contributed by atoms with E-state index in [2.05, 4.69) is 15.2 Å². The molecule has 2 aromatic carbocycles. The minimum atomic E-state index is -1.16. The lowest BCUT2D eigenvalue weighted by Crippen LogP contribution is -2.43. The number of nitrogens with one attached hydrogen (secondary N) is 1. The fourth-order valence-electron chi connectivity index (χ4n) is 2.76. The van der Waals surface area contributed by atoms with Gasteiger partial charge in [0.1, 0.15) is 5.82 Å². The van der Waals surface area contributed by atoms with Crippen LogP contribution >= 0.6 is 0 Å². The van der Waals surface area contributed by atoms with Crippen molar-refractivity contribution in [1.29, 1.82) is 0 Å². The number of para-hydroxylation sites is 1. The van der Waals surface area contributed by atoms with Gasteiger partial charge in [-0.2, -0.15) is 5.10 Å². The first kappa shape index (κ1) is 20.9. The number of amides is 1. The predicted octanol–water partition coefficient (Wildman–Crippen LogP) is 2.34. The van der Waals surface area contributed by atoms with Crippen molar-refractivity contribution in [2.45, 2.75) is 6.04 Å². The molecular weight excluding hydrogens is 389 g/mol. The molecule has 3 rings (SSSR count). The Balaban J connectivity index is 1.91. The average molecular weight is 409 g/mol. The van der Waals surface area contributed by atoms with Gasteiger partial charge in [-0.1, -0.05) is 18.2 Å². The van der Waals surface area contributed by atoms with Gasteiger partial charge in [-0.3, -0.25) is 4.79 Å². The smallest absolute Gasteiger partial charge is 0.330 e. The van der Waals surface area contributed by atoms with E-state index in [1.54, 1.807) is 23.0 Å². The number of ether oxygens (including phenoxy) is 1. The minimum absolute atomic E-state index is 0.365. The number of carbonyl (C=O) groups is 2. The third kappa shape index (κ3) is 4.98. The Labute approximate surface area is 172 Å². The van der Waals surface area contributed by atoms with Gasteiger partial charge in [-0.05, 0) is 42.5 Å². The van der Waals surface area contributed by atoms with Crippen molar-refractivity contribution < 1.29 is 23.8 Å². The lowest BCUT2D eigenvalue weighted by atomic mass is 10.1. The quantitative estimate of drug-likeness (QED) is 0.462. The Morgan fingerprint density at radius 2 is 1.90 bits per heavy atom. The van der Waals surface area contributed by atoms with Gasteiger partial charge in [0.05, 0.1) is 25.1 Å². The molecule has 0 saturated heterocycles. The van der Waals surface area contributed by atoms with Crippen molar-refractivity contribution in [3.8, 4) is 16.9 Å². The normalized spacial score (nSPS) is 12.0. The van der Waals surface area contributed by atoms with Gasteiger partial charge in [0.25, 0.3) is 0 Å². The SMILES string of the molecule is COC(=O)[C@H](CO)NC(=O)/C=C/c1cn(-c2ccccc2)nc1-c1ccc(F)cc1. The summed E-state index contributed by atoms with van der Waals surface area (Å²) < 4.78 is 19.5. The standard InChI is InChI=1S/C22H20FN3O4/c1-30-22(29)19(14-27)24-20(28)12-9-16-13-26(18-5-3-2-4-6-18)25-21(16)15-7-10-17(23)11-8-15/h2-13,19,27H,14H2,1H3,(H,24,28)/b12-9+/t19-/m0/s1. The Bertz CT molecular complexity index is 1050. The van der Waals surface area contributed by atoms with Crippen LogP contribution in [-0.4, -0.2) is 46.5 Å². The molecule has 1 atom stereocenters. The van der Waals surface area contributed by atoms with Crippen molar-refractivity contribution in [3.63, 3.8) is 0 Å². The van der Waals surface area contributed by atoms with Crippen LogP contribution in [0.4, 0.5) is 4.39 Å². The molecule has 30 heavy (non-hydrogen) atoms. The zero-order valence-corrected chi connectivity index (χ0v) is 16.2. The van der Waals surface area contributed by atoms with Gasteiger partial charge < -0.3 is 15.2 Å². The maximum absolute atomic E-state index is 13.3. The van der Waals surface area contributed by atoms with Gasteiger partial charge in [-0.15, -0.1) is 0 Å². The molecule has 0 spiro atoms. The number of hydrogen-bond donors (Lipinski definition) is 2. The minimum Gasteiger partial charge on any atom is -0.467 e. The summed E-state index contributed by atoms with van der Waals surface area (Å²) in [5.41, 5.74) is 2.65. The van der Waals surface area contributed by atoms with Gasteiger partial charge >= 0.3 is 5.97 Å². The van der Waals surface area contributed by atoms with Crippen molar-refractivity contribution in [1.82, 2.24) is 15.1 Å². The highest BCUT2D eigenvalue weighted by Crippen LogP contribution is 2.25. The van der Waals surface area contributed by atoms with E-state index in [-0.39, 0.29) is 5.82 Å². The number of aromatic nitrogens is 2. The molecule has 0 radical (unpaired) electrons. The fourth-order valence-corrected chi connectivity index (χ4v) is 2.76. The van der Waals surface area contributed by atoms with E-state index in [4.69, 9.17) is 0 Å². The maximum atomic E-state index is 13.3. The van der Waals surface area contributed by atoms with E-state index in [1.165, 1.54) is 31.4 Å². The molecule has 8 heteroatoms. The Morgan fingerprint density at radius 3 is 2.53 bits per heavy atom. The molecular formula is C22H20FN3O4. The van der Waals surface area contributed by atoms with Crippen LogP contribution in [0.15, 0.2) is 66.9 Å². The summed E-state index contributed by atoms with van der Waals surface area (Å²) in [6.45, 7) is -0.584. The molecule has 7 nitrogen and oxygen atoms in total.